The maximum atomic E-state index is 12.4. The highest BCUT2D eigenvalue weighted by Gasteiger charge is 2.32. The minimum atomic E-state index is -4.44. The summed E-state index contributed by atoms with van der Waals surface area (Å²) in [5, 5.41) is 2.92. The van der Waals surface area contributed by atoms with Crippen molar-refractivity contribution in [2.45, 2.75) is 32.0 Å². The molecule has 0 aromatic carbocycles. The molecule has 0 aliphatic carbocycles. The first kappa shape index (κ1) is 15.0. The molecule has 0 spiro atoms. The Morgan fingerprint density at radius 2 is 2.00 bits per heavy atom. The van der Waals surface area contributed by atoms with E-state index in [0.717, 1.165) is 12.3 Å². The summed E-state index contributed by atoms with van der Waals surface area (Å²) in [6.07, 6.45) is -3.04. The van der Waals surface area contributed by atoms with Gasteiger partial charge in [0.15, 0.2) is 0 Å². The molecule has 1 aromatic heterocycles. The van der Waals surface area contributed by atoms with E-state index in [4.69, 9.17) is 17.3 Å². The SMILES string of the molecule is CC(C)(CCN)Nc1ncc(C(F)(F)F)cc1Cl. The first-order valence-electron chi connectivity index (χ1n) is 5.37. The Hall–Kier alpha value is -1.01. The molecule has 7 heteroatoms. The molecule has 0 aliphatic rings. The first-order chi connectivity index (χ1) is 8.15. The predicted octanol–water partition coefficient (Wildman–Crippen LogP) is 3.29. The van der Waals surface area contributed by atoms with Crippen molar-refractivity contribution in [3.05, 3.63) is 22.8 Å². The minimum absolute atomic E-state index is 0.0603. The summed E-state index contributed by atoms with van der Waals surface area (Å²) in [5.41, 5.74) is 4.20. The number of hydrogen-bond donors (Lipinski definition) is 2. The number of pyridine rings is 1. The van der Waals surface area contributed by atoms with Crippen LogP contribution in [0.15, 0.2) is 12.3 Å². The van der Waals surface area contributed by atoms with E-state index in [1.54, 1.807) is 0 Å². The Morgan fingerprint density at radius 3 is 2.44 bits per heavy atom. The first-order valence-corrected chi connectivity index (χ1v) is 5.74. The van der Waals surface area contributed by atoms with Crippen molar-refractivity contribution in [3.63, 3.8) is 0 Å². The van der Waals surface area contributed by atoms with E-state index in [0.29, 0.717) is 13.0 Å². The summed E-state index contributed by atoms with van der Waals surface area (Å²) in [6.45, 7) is 4.20. The van der Waals surface area contributed by atoms with Gasteiger partial charge in [-0.25, -0.2) is 4.98 Å². The van der Waals surface area contributed by atoms with Gasteiger partial charge in [-0.15, -0.1) is 0 Å². The zero-order chi connectivity index (χ0) is 14.0. The van der Waals surface area contributed by atoms with Crippen molar-refractivity contribution >= 4 is 17.4 Å². The summed E-state index contributed by atoms with van der Waals surface area (Å²) in [4.78, 5) is 3.71. The van der Waals surface area contributed by atoms with Gasteiger partial charge in [0.1, 0.15) is 5.82 Å². The second kappa shape index (κ2) is 5.32. The summed E-state index contributed by atoms with van der Waals surface area (Å²) in [6, 6.07) is 0.857. The third-order valence-corrected chi connectivity index (χ3v) is 2.68. The van der Waals surface area contributed by atoms with Crippen molar-refractivity contribution in [1.29, 1.82) is 0 Å². The lowest BCUT2D eigenvalue weighted by atomic mass is 10.0. The van der Waals surface area contributed by atoms with Crippen molar-refractivity contribution in [1.82, 2.24) is 4.98 Å². The number of anilines is 1. The molecular weight excluding hydrogens is 267 g/mol. The molecule has 0 radical (unpaired) electrons. The summed E-state index contributed by atoms with van der Waals surface area (Å²) in [7, 11) is 0. The highest BCUT2D eigenvalue weighted by Crippen LogP contribution is 2.33. The molecule has 0 atom stereocenters. The predicted molar refractivity (Wildman–Crippen MR) is 65.6 cm³/mol. The van der Waals surface area contributed by atoms with Gasteiger partial charge in [0.25, 0.3) is 0 Å². The highest BCUT2D eigenvalue weighted by molar-refractivity contribution is 6.33. The van der Waals surface area contributed by atoms with Gasteiger partial charge in [-0.3, -0.25) is 0 Å². The van der Waals surface area contributed by atoms with Crippen LogP contribution in [0.3, 0.4) is 0 Å². The van der Waals surface area contributed by atoms with Crippen molar-refractivity contribution < 1.29 is 13.2 Å². The lowest BCUT2D eigenvalue weighted by Gasteiger charge is -2.27. The minimum Gasteiger partial charge on any atom is -0.364 e. The van der Waals surface area contributed by atoms with Crippen molar-refractivity contribution in [2.24, 2.45) is 5.73 Å². The van der Waals surface area contributed by atoms with E-state index in [9.17, 15) is 13.2 Å². The maximum Gasteiger partial charge on any atom is 0.417 e. The van der Waals surface area contributed by atoms with Gasteiger partial charge in [0.05, 0.1) is 10.6 Å². The number of aromatic nitrogens is 1. The second-order valence-corrected chi connectivity index (χ2v) is 5.01. The third kappa shape index (κ3) is 4.03. The Labute approximate surface area is 109 Å². The van der Waals surface area contributed by atoms with Crippen LogP contribution in [0.5, 0.6) is 0 Å². The molecule has 0 bridgehead atoms. The van der Waals surface area contributed by atoms with Gasteiger partial charge in [-0.05, 0) is 32.9 Å². The highest BCUT2D eigenvalue weighted by atomic mass is 35.5. The Bertz CT molecular complexity index is 418. The molecule has 0 unspecified atom stereocenters. The zero-order valence-corrected chi connectivity index (χ0v) is 10.9. The number of rotatable bonds is 4. The van der Waals surface area contributed by atoms with Crippen LogP contribution in [0.4, 0.5) is 19.0 Å². The molecule has 0 aliphatic heterocycles. The van der Waals surface area contributed by atoms with Crippen LogP contribution >= 0.6 is 11.6 Å². The van der Waals surface area contributed by atoms with E-state index in [-0.39, 0.29) is 16.4 Å². The second-order valence-electron chi connectivity index (χ2n) is 4.60. The molecule has 0 fully saturated rings. The van der Waals surface area contributed by atoms with Crippen LogP contribution in [-0.4, -0.2) is 17.1 Å². The fourth-order valence-corrected chi connectivity index (χ4v) is 1.64. The van der Waals surface area contributed by atoms with Crippen LogP contribution in [0, 0.1) is 0 Å². The number of alkyl halides is 3. The smallest absolute Gasteiger partial charge is 0.364 e. The Kier molecular flexibility index (Phi) is 4.45. The lowest BCUT2D eigenvalue weighted by molar-refractivity contribution is -0.137. The quantitative estimate of drug-likeness (QED) is 0.890. The third-order valence-electron chi connectivity index (χ3n) is 2.39. The fraction of sp³-hybridized carbons (Fsp3) is 0.545. The summed E-state index contributed by atoms with van der Waals surface area (Å²) < 4.78 is 37.3. The Morgan fingerprint density at radius 1 is 1.39 bits per heavy atom. The standard InChI is InChI=1S/C11H15ClF3N3/c1-10(2,3-4-16)18-9-8(12)5-7(6-17-9)11(13,14)15/h5-6H,3-4,16H2,1-2H3,(H,17,18). The normalized spacial score (nSPS) is 12.6. The number of nitrogens with one attached hydrogen (secondary N) is 1. The van der Waals surface area contributed by atoms with E-state index < -0.39 is 11.7 Å². The van der Waals surface area contributed by atoms with E-state index >= 15 is 0 Å². The van der Waals surface area contributed by atoms with Crippen LogP contribution in [0.1, 0.15) is 25.8 Å². The average Bonchev–Trinajstić information content (AvgIpc) is 2.19. The number of hydrogen-bond acceptors (Lipinski definition) is 3. The maximum absolute atomic E-state index is 12.4. The van der Waals surface area contributed by atoms with Gasteiger partial charge in [-0.1, -0.05) is 11.6 Å². The molecule has 0 amide bonds. The van der Waals surface area contributed by atoms with E-state index in [1.807, 2.05) is 13.8 Å². The number of nitrogens with zero attached hydrogens (tertiary/aromatic N) is 1. The largest absolute Gasteiger partial charge is 0.417 e. The molecule has 1 rings (SSSR count). The molecule has 3 N–H and O–H groups in total. The van der Waals surface area contributed by atoms with Crippen LogP contribution in [0.2, 0.25) is 5.02 Å². The molecule has 0 saturated heterocycles. The van der Waals surface area contributed by atoms with Crippen molar-refractivity contribution in [3.8, 4) is 0 Å². The van der Waals surface area contributed by atoms with Gasteiger partial charge < -0.3 is 11.1 Å². The van der Waals surface area contributed by atoms with Gasteiger partial charge in [0.2, 0.25) is 0 Å². The van der Waals surface area contributed by atoms with Crippen LogP contribution in [-0.2, 0) is 6.18 Å². The number of halogens is 4. The molecule has 102 valence electrons. The molecule has 1 aromatic rings. The summed E-state index contributed by atoms with van der Waals surface area (Å²) >= 11 is 5.79. The van der Waals surface area contributed by atoms with Gasteiger partial charge in [0, 0.05) is 11.7 Å². The molecule has 18 heavy (non-hydrogen) atoms. The van der Waals surface area contributed by atoms with Gasteiger partial charge in [-0.2, -0.15) is 13.2 Å². The molecule has 0 saturated carbocycles. The van der Waals surface area contributed by atoms with Crippen LogP contribution < -0.4 is 11.1 Å². The molecule has 1 heterocycles. The Balaban J connectivity index is 2.93. The van der Waals surface area contributed by atoms with E-state index in [1.165, 1.54) is 0 Å². The molecule has 3 nitrogen and oxygen atoms in total. The van der Waals surface area contributed by atoms with Gasteiger partial charge >= 0.3 is 6.18 Å². The number of nitrogens with two attached hydrogens (primary N) is 1. The molecular formula is C11H15ClF3N3. The topological polar surface area (TPSA) is 50.9 Å². The lowest BCUT2D eigenvalue weighted by Crippen LogP contribution is -2.34. The fourth-order valence-electron chi connectivity index (χ4n) is 1.43. The monoisotopic (exact) mass is 281 g/mol. The summed E-state index contributed by atoms with van der Waals surface area (Å²) in [5.74, 6) is 0.225. The average molecular weight is 282 g/mol. The van der Waals surface area contributed by atoms with Crippen molar-refractivity contribution in [2.75, 3.05) is 11.9 Å². The van der Waals surface area contributed by atoms with Crippen LogP contribution in [0.25, 0.3) is 0 Å². The van der Waals surface area contributed by atoms with E-state index in [2.05, 4.69) is 10.3 Å². The zero-order valence-electron chi connectivity index (χ0n) is 10.1.